The maximum atomic E-state index is 11.1. The van der Waals surface area contributed by atoms with E-state index in [0.29, 0.717) is 19.5 Å². The first kappa shape index (κ1) is 19.2. The normalized spacial score (nSPS) is 12.7. The molecule has 0 radical (unpaired) electrons. The minimum absolute atomic E-state index is 0.129. The van der Waals surface area contributed by atoms with E-state index < -0.39 is 17.9 Å². The van der Waals surface area contributed by atoms with E-state index in [2.05, 4.69) is 5.09 Å². The number of rotatable bonds is 9. The van der Waals surface area contributed by atoms with Crippen molar-refractivity contribution >= 4 is 25.1 Å². The first-order valence-electron chi connectivity index (χ1n) is 6.85. The lowest BCUT2D eigenvalue weighted by molar-refractivity contribution is -0.393. The minimum atomic E-state index is -0.868. The Kier molecular flexibility index (Phi) is 6.80. The van der Waals surface area contributed by atoms with Crippen LogP contribution in [-0.4, -0.2) is 36.0 Å². The van der Waals surface area contributed by atoms with Crippen LogP contribution in [0, 0.1) is 25.6 Å². The molecule has 0 aliphatic rings. The minimum Gasteiger partial charge on any atom is -0.375 e. The van der Waals surface area contributed by atoms with Crippen molar-refractivity contribution in [3.05, 3.63) is 38.4 Å². The molecule has 0 aromatic heterocycles. The molecule has 1 atom stereocenters. The van der Waals surface area contributed by atoms with Gasteiger partial charge in [-0.1, -0.05) is 13.8 Å². The SMILES string of the molecule is CP(COCC(C)(C)CN)Nc1ccc([N+](=O)[O-])cc1[N+](=O)[O-]. The summed E-state index contributed by atoms with van der Waals surface area (Å²) in [5, 5.41) is 24.8. The quantitative estimate of drug-likeness (QED) is 0.399. The highest BCUT2D eigenvalue weighted by atomic mass is 31.1. The van der Waals surface area contributed by atoms with Crippen LogP contribution in [-0.2, 0) is 4.74 Å². The van der Waals surface area contributed by atoms with Gasteiger partial charge in [-0.3, -0.25) is 20.2 Å². The average Bonchev–Trinajstić information content (AvgIpc) is 2.46. The number of benzene rings is 1. The van der Waals surface area contributed by atoms with Gasteiger partial charge in [0.1, 0.15) is 5.69 Å². The molecule has 0 fully saturated rings. The molecule has 0 saturated carbocycles. The van der Waals surface area contributed by atoms with Crippen LogP contribution in [0.3, 0.4) is 0 Å². The Morgan fingerprint density at radius 1 is 1.30 bits per heavy atom. The molecule has 0 bridgehead atoms. The summed E-state index contributed by atoms with van der Waals surface area (Å²) in [5.74, 6) is 0. The van der Waals surface area contributed by atoms with Crippen LogP contribution in [0.4, 0.5) is 17.1 Å². The Morgan fingerprint density at radius 2 is 1.96 bits per heavy atom. The van der Waals surface area contributed by atoms with E-state index in [1.807, 2.05) is 20.5 Å². The first-order valence-corrected chi connectivity index (χ1v) is 8.82. The van der Waals surface area contributed by atoms with Crippen molar-refractivity contribution in [2.24, 2.45) is 11.1 Å². The first-order chi connectivity index (χ1) is 10.7. The lowest BCUT2D eigenvalue weighted by atomic mass is 9.96. The number of non-ortho nitro benzene ring substituents is 1. The van der Waals surface area contributed by atoms with Gasteiger partial charge >= 0.3 is 0 Å². The summed E-state index contributed by atoms with van der Waals surface area (Å²) in [5.41, 5.74) is 5.10. The largest absolute Gasteiger partial charge is 0.375 e. The highest BCUT2D eigenvalue weighted by Crippen LogP contribution is 2.38. The molecule has 1 unspecified atom stereocenters. The van der Waals surface area contributed by atoms with Gasteiger partial charge in [-0.05, 0) is 19.3 Å². The molecule has 0 spiro atoms. The van der Waals surface area contributed by atoms with Gasteiger partial charge in [0.15, 0.2) is 0 Å². The van der Waals surface area contributed by atoms with Crippen molar-refractivity contribution in [2.45, 2.75) is 13.8 Å². The van der Waals surface area contributed by atoms with Gasteiger partial charge in [0.2, 0.25) is 0 Å². The summed E-state index contributed by atoms with van der Waals surface area (Å²) in [4.78, 5) is 20.5. The monoisotopic (exact) mass is 344 g/mol. The third-order valence-corrected chi connectivity index (χ3v) is 4.22. The molecule has 1 aromatic carbocycles. The molecule has 0 saturated heterocycles. The van der Waals surface area contributed by atoms with Gasteiger partial charge in [0, 0.05) is 19.6 Å². The molecule has 9 nitrogen and oxygen atoms in total. The molecule has 1 aromatic rings. The predicted molar refractivity (Wildman–Crippen MR) is 89.9 cm³/mol. The molecular weight excluding hydrogens is 323 g/mol. The van der Waals surface area contributed by atoms with Gasteiger partial charge in [0.05, 0.1) is 28.9 Å². The van der Waals surface area contributed by atoms with Crippen molar-refractivity contribution in [3.8, 4) is 0 Å². The summed E-state index contributed by atoms with van der Waals surface area (Å²) >= 11 is 0. The van der Waals surface area contributed by atoms with Crippen LogP contribution in [0.2, 0.25) is 0 Å². The van der Waals surface area contributed by atoms with Crippen LogP contribution in [0.25, 0.3) is 0 Å². The van der Waals surface area contributed by atoms with Gasteiger partial charge < -0.3 is 15.6 Å². The van der Waals surface area contributed by atoms with Crippen LogP contribution in [0.15, 0.2) is 18.2 Å². The van der Waals surface area contributed by atoms with E-state index in [1.165, 1.54) is 12.1 Å². The number of hydrogen-bond donors (Lipinski definition) is 2. The van der Waals surface area contributed by atoms with Crippen LogP contribution in [0.5, 0.6) is 0 Å². The fraction of sp³-hybridized carbons (Fsp3) is 0.538. The molecule has 0 amide bonds. The van der Waals surface area contributed by atoms with E-state index in [0.717, 1.165) is 6.07 Å². The molecule has 10 heteroatoms. The number of anilines is 1. The van der Waals surface area contributed by atoms with E-state index in [4.69, 9.17) is 10.5 Å². The van der Waals surface area contributed by atoms with Crippen molar-refractivity contribution in [3.63, 3.8) is 0 Å². The predicted octanol–water partition coefficient (Wildman–Crippen LogP) is 2.90. The van der Waals surface area contributed by atoms with Crippen molar-refractivity contribution in [1.29, 1.82) is 0 Å². The maximum Gasteiger partial charge on any atom is 0.299 e. The summed E-state index contributed by atoms with van der Waals surface area (Å²) < 4.78 is 5.59. The number of nitro groups is 2. The number of ether oxygens (including phenoxy) is 1. The topological polar surface area (TPSA) is 134 Å². The van der Waals surface area contributed by atoms with E-state index in [1.54, 1.807) is 0 Å². The van der Waals surface area contributed by atoms with Gasteiger partial charge in [-0.25, -0.2) is 0 Å². The average molecular weight is 344 g/mol. The fourth-order valence-electron chi connectivity index (χ4n) is 1.63. The van der Waals surface area contributed by atoms with Crippen LogP contribution in [0.1, 0.15) is 13.8 Å². The molecule has 3 N–H and O–H groups in total. The number of nitrogens with one attached hydrogen (secondary N) is 1. The number of nitro benzene ring substituents is 2. The van der Waals surface area contributed by atoms with Gasteiger partial charge in [0.25, 0.3) is 11.4 Å². The molecule has 0 aliphatic heterocycles. The van der Waals surface area contributed by atoms with Crippen molar-refractivity contribution < 1.29 is 14.6 Å². The number of nitrogens with zero attached hydrogens (tertiary/aromatic N) is 2. The Hall–Kier alpha value is -1.83. The summed E-state index contributed by atoms with van der Waals surface area (Å²) in [6.45, 7) is 6.82. The second-order valence-corrected chi connectivity index (χ2v) is 7.75. The van der Waals surface area contributed by atoms with E-state index in [-0.39, 0.29) is 22.5 Å². The third kappa shape index (κ3) is 6.05. The van der Waals surface area contributed by atoms with Crippen molar-refractivity contribution in [2.75, 3.05) is 31.3 Å². The Morgan fingerprint density at radius 3 is 2.48 bits per heavy atom. The smallest absolute Gasteiger partial charge is 0.299 e. The Bertz CT molecular complexity index is 581. The molecule has 1 rings (SSSR count). The fourth-order valence-corrected chi connectivity index (χ4v) is 2.66. The zero-order valence-electron chi connectivity index (χ0n) is 13.3. The summed E-state index contributed by atoms with van der Waals surface area (Å²) in [6, 6.07) is 3.53. The second-order valence-electron chi connectivity index (χ2n) is 5.87. The Balaban J connectivity index is 2.72. The zero-order chi connectivity index (χ0) is 17.6. The molecule has 0 heterocycles. The van der Waals surface area contributed by atoms with Crippen LogP contribution >= 0.6 is 8.07 Å². The van der Waals surface area contributed by atoms with E-state index >= 15 is 0 Å². The van der Waals surface area contributed by atoms with Gasteiger partial charge in [-0.15, -0.1) is 0 Å². The highest BCUT2D eigenvalue weighted by Gasteiger charge is 2.21. The Labute approximate surface area is 135 Å². The lowest BCUT2D eigenvalue weighted by Crippen LogP contribution is -2.29. The van der Waals surface area contributed by atoms with E-state index in [9.17, 15) is 20.2 Å². The molecule has 128 valence electrons. The lowest BCUT2D eigenvalue weighted by Gasteiger charge is -2.23. The standard InChI is InChI=1S/C13H21N4O5P/c1-13(2,7-14)8-22-9-23(3)15-11-5-4-10(16(18)19)6-12(11)17(20)21/h4-6,15H,7-9,14H2,1-3H3. The second kappa shape index (κ2) is 8.14. The molecular formula is C13H21N4O5P. The van der Waals surface area contributed by atoms with Gasteiger partial charge in [-0.2, -0.15) is 0 Å². The van der Waals surface area contributed by atoms with Crippen LogP contribution < -0.4 is 10.8 Å². The molecule has 0 aliphatic carbocycles. The summed E-state index contributed by atoms with van der Waals surface area (Å²) in [6.07, 6.45) is 0.396. The summed E-state index contributed by atoms with van der Waals surface area (Å²) in [7, 11) is -0.868. The number of hydrogen-bond acceptors (Lipinski definition) is 7. The van der Waals surface area contributed by atoms with Crippen molar-refractivity contribution in [1.82, 2.24) is 0 Å². The third-order valence-electron chi connectivity index (χ3n) is 3.03. The maximum absolute atomic E-state index is 11.1. The molecule has 23 heavy (non-hydrogen) atoms. The highest BCUT2D eigenvalue weighted by molar-refractivity contribution is 7.58. The number of nitrogens with two attached hydrogens (primary N) is 1. The zero-order valence-corrected chi connectivity index (χ0v) is 14.2.